The Labute approximate surface area is 113 Å². The van der Waals surface area contributed by atoms with Gasteiger partial charge in [0, 0.05) is 6.42 Å². The van der Waals surface area contributed by atoms with Crippen molar-refractivity contribution in [1.82, 2.24) is 9.62 Å². The fourth-order valence-electron chi connectivity index (χ4n) is 1.87. The van der Waals surface area contributed by atoms with E-state index in [-0.39, 0.29) is 12.5 Å². The van der Waals surface area contributed by atoms with E-state index in [1.54, 1.807) is 0 Å². The number of hydrogen-bond donors (Lipinski definition) is 2. The molecule has 110 valence electrons. The number of rotatable bonds is 8. The highest BCUT2D eigenvalue weighted by molar-refractivity contribution is 7.84. The van der Waals surface area contributed by atoms with E-state index >= 15 is 0 Å². The summed E-state index contributed by atoms with van der Waals surface area (Å²) in [6.45, 7) is 1.91. The van der Waals surface area contributed by atoms with Crippen LogP contribution in [0.4, 0.5) is 0 Å². The summed E-state index contributed by atoms with van der Waals surface area (Å²) in [6.07, 6.45) is 5.42. The predicted molar refractivity (Wildman–Crippen MR) is 68.6 cm³/mol. The van der Waals surface area contributed by atoms with Gasteiger partial charge in [0.05, 0.1) is 6.54 Å². The monoisotopic (exact) mass is 292 g/mol. The first kappa shape index (κ1) is 15.9. The zero-order valence-corrected chi connectivity index (χ0v) is 11.8. The highest BCUT2D eigenvalue weighted by Crippen LogP contribution is 2.14. The maximum absolute atomic E-state index is 11.5. The van der Waals surface area contributed by atoms with Gasteiger partial charge in [0.15, 0.2) is 0 Å². The van der Waals surface area contributed by atoms with Crippen LogP contribution in [-0.2, 0) is 19.9 Å². The molecule has 1 aliphatic rings. The van der Waals surface area contributed by atoms with E-state index < -0.39 is 22.3 Å². The van der Waals surface area contributed by atoms with E-state index in [0.29, 0.717) is 10.7 Å². The van der Waals surface area contributed by atoms with Crippen molar-refractivity contribution >= 4 is 22.1 Å². The number of carbonyl (C=O) groups excluding carboxylic acids is 2. The van der Waals surface area contributed by atoms with Crippen molar-refractivity contribution in [3.05, 3.63) is 0 Å². The van der Waals surface area contributed by atoms with E-state index in [1.807, 2.05) is 0 Å². The summed E-state index contributed by atoms with van der Waals surface area (Å²) in [4.78, 5) is 22.8. The highest BCUT2D eigenvalue weighted by atomic mass is 32.2. The molecule has 7 nitrogen and oxygen atoms in total. The largest absolute Gasteiger partial charge is 0.362 e. The Morgan fingerprint density at radius 2 is 2.00 bits per heavy atom. The molecule has 1 rings (SSSR count). The molecule has 1 aliphatic heterocycles. The lowest BCUT2D eigenvalue weighted by atomic mass is 10.1. The summed E-state index contributed by atoms with van der Waals surface area (Å²) in [6, 6.07) is -0.829. The summed E-state index contributed by atoms with van der Waals surface area (Å²) in [5.41, 5.74) is 0. The molecule has 0 bridgehead atoms. The molecule has 1 atom stereocenters. The van der Waals surface area contributed by atoms with Crippen molar-refractivity contribution in [2.24, 2.45) is 0 Å². The Balaban J connectivity index is 2.20. The van der Waals surface area contributed by atoms with E-state index in [9.17, 15) is 18.0 Å². The van der Waals surface area contributed by atoms with Crippen LogP contribution >= 0.6 is 0 Å². The number of hydrogen-bond acceptors (Lipinski definition) is 4. The van der Waals surface area contributed by atoms with Gasteiger partial charge in [-0.3, -0.25) is 14.1 Å². The molecule has 1 fully saturated rings. The molecule has 19 heavy (non-hydrogen) atoms. The lowest BCUT2D eigenvalue weighted by molar-refractivity contribution is -0.140. The van der Waals surface area contributed by atoms with Crippen LogP contribution in [0.25, 0.3) is 0 Å². The zero-order chi connectivity index (χ0) is 14.5. The van der Waals surface area contributed by atoms with E-state index in [4.69, 9.17) is 4.55 Å². The molecule has 0 spiro atoms. The first-order chi connectivity index (χ1) is 8.86. The molecule has 1 saturated heterocycles. The van der Waals surface area contributed by atoms with E-state index in [0.717, 1.165) is 32.1 Å². The van der Waals surface area contributed by atoms with Crippen LogP contribution in [0.2, 0.25) is 0 Å². The van der Waals surface area contributed by atoms with Crippen LogP contribution in [-0.4, -0.2) is 41.7 Å². The van der Waals surface area contributed by atoms with Crippen LogP contribution in [0, 0.1) is 0 Å². The fourth-order valence-corrected chi connectivity index (χ4v) is 2.56. The van der Waals surface area contributed by atoms with Gasteiger partial charge in [0.1, 0.15) is 6.04 Å². The third-order valence-electron chi connectivity index (χ3n) is 3.01. The second-order valence-electron chi connectivity index (χ2n) is 4.63. The molecule has 0 aliphatic carbocycles. The Morgan fingerprint density at radius 3 is 2.53 bits per heavy atom. The molecule has 2 N–H and O–H groups in total. The van der Waals surface area contributed by atoms with Gasteiger partial charge in [-0.2, -0.15) is 8.42 Å². The van der Waals surface area contributed by atoms with Crippen molar-refractivity contribution in [1.29, 1.82) is 0 Å². The first-order valence-corrected chi connectivity index (χ1v) is 7.84. The normalized spacial score (nSPS) is 19.2. The van der Waals surface area contributed by atoms with Crippen LogP contribution in [0.1, 0.15) is 45.4 Å². The van der Waals surface area contributed by atoms with Gasteiger partial charge >= 0.3 is 10.3 Å². The minimum atomic E-state index is -4.48. The third-order valence-corrected chi connectivity index (χ3v) is 3.90. The third kappa shape index (κ3) is 4.79. The minimum absolute atomic E-state index is 0.195. The van der Waals surface area contributed by atoms with Crippen molar-refractivity contribution in [3.8, 4) is 0 Å². The average Bonchev–Trinajstić information content (AvgIpc) is 2.31. The standard InChI is InChI=1S/C11H20N2O5S/c1-2-3-4-5-6-7-10(14)12-9-8-13(11(9)15)19(16,17)18/h9H,2-8H2,1H3,(H,12,14)(H,16,17,18)/t9-/m0/s1. The van der Waals surface area contributed by atoms with Gasteiger partial charge in [0.2, 0.25) is 5.91 Å². The molecule has 2 amide bonds. The van der Waals surface area contributed by atoms with Gasteiger partial charge in [-0.1, -0.05) is 32.6 Å². The SMILES string of the molecule is CCCCCCCC(=O)N[C@H]1CN(S(=O)(=O)O)C1=O. The topological polar surface area (TPSA) is 104 Å². The van der Waals surface area contributed by atoms with Crippen molar-refractivity contribution in [2.75, 3.05) is 6.54 Å². The summed E-state index contributed by atoms with van der Waals surface area (Å²) in [5.74, 6) is -1.05. The Morgan fingerprint density at radius 1 is 1.37 bits per heavy atom. The lowest BCUT2D eigenvalue weighted by Crippen LogP contribution is -2.65. The molecule has 0 aromatic rings. The molecule has 0 radical (unpaired) electrons. The second-order valence-corrected chi connectivity index (χ2v) is 5.97. The Bertz CT molecular complexity index is 434. The van der Waals surface area contributed by atoms with Crippen LogP contribution in [0.3, 0.4) is 0 Å². The van der Waals surface area contributed by atoms with Gasteiger partial charge < -0.3 is 5.32 Å². The average molecular weight is 292 g/mol. The molecular formula is C11H20N2O5S. The predicted octanol–water partition coefficient (Wildman–Crippen LogP) is 0.477. The van der Waals surface area contributed by atoms with Crippen LogP contribution < -0.4 is 5.32 Å². The highest BCUT2D eigenvalue weighted by Gasteiger charge is 2.44. The van der Waals surface area contributed by atoms with Crippen molar-refractivity contribution in [2.45, 2.75) is 51.5 Å². The van der Waals surface area contributed by atoms with Crippen molar-refractivity contribution < 1.29 is 22.6 Å². The van der Waals surface area contributed by atoms with Gasteiger partial charge in [0.25, 0.3) is 5.91 Å². The van der Waals surface area contributed by atoms with Crippen molar-refractivity contribution in [3.63, 3.8) is 0 Å². The molecule has 0 saturated carbocycles. The van der Waals surface area contributed by atoms with E-state index in [2.05, 4.69) is 12.2 Å². The zero-order valence-electron chi connectivity index (χ0n) is 11.0. The molecule has 0 unspecified atom stereocenters. The van der Waals surface area contributed by atoms with Crippen LogP contribution in [0.5, 0.6) is 0 Å². The maximum atomic E-state index is 11.5. The Hall–Kier alpha value is -1.15. The van der Waals surface area contributed by atoms with Gasteiger partial charge in [-0.05, 0) is 6.42 Å². The number of nitrogens with one attached hydrogen (secondary N) is 1. The summed E-state index contributed by atoms with van der Waals surface area (Å²) in [7, 11) is -4.48. The molecular weight excluding hydrogens is 272 g/mol. The molecule has 8 heteroatoms. The summed E-state index contributed by atoms with van der Waals surface area (Å²) >= 11 is 0. The molecule has 0 aromatic carbocycles. The lowest BCUT2D eigenvalue weighted by Gasteiger charge is -2.35. The fraction of sp³-hybridized carbons (Fsp3) is 0.818. The summed E-state index contributed by atoms with van der Waals surface area (Å²) in [5, 5.41) is 2.45. The van der Waals surface area contributed by atoms with Crippen LogP contribution in [0.15, 0.2) is 0 Å². The Kier molecular flexibility index (Phi) is 5.74. The number of β-lactam (4-membered cyclic amide) rings is 1. The quantitative estimate of drug-likeness (QED) is 0.384. The minimum Gasteiger partial charge on any atom is -0.343 e. The maximum Gasteiger partial charge on any atom is 0.362 e. The second kappa shape index (κ2) is 6.85. The van der Waals surface area contributed by atoms with Gasteiger partial charge in [-0.15, -0.1) is 0 Å². The number of amides is 2. The number of unbranched alkanes of at least 4 members (excludes halogenated alkanes) is 4. The summed E-state index contributed by atoms with van der Waals surface area (Å²) < 4.78 is 30.3. The van der Waals surface area contributed by atoms with E-state index in [1.165, 1.54) is 0 Å². The first-order valence-electron chi connectivity index (χ1n) is 6.44. The smallest absolute Gasteiger partial charge is 0.343 e. The molecule has 1 heterocycles. The number of carbonyl (C=O) groups is 2. The molecule has 0 aromatic heterocycles. The van der Waals surface area contributed by atoms with Gasteiger partial charge in [-0.25, -0.2) is 4.31 Å². The number of nitrogens with zero attached hydrogens (tertiary/aromatic N) is 1.